The van der Waals surface area contributed by atoms with Crippen molar-refractivity contribution in [2.45, 2.75) is 51.1 Å². The van der Waals surface area contributed by atoms with Crippen LogP contribution in [0.4, 0.5) is 5.69 Å². The second-order valence-corrected chi connectivity index (χ2v) is 12.2. The molecular weight excluding hydrogens is 672 g/mol. The van der Waals surface area contributed by atoms with E-state index in [1.54, 1.807) is 24.3 Å². The summed E-state index contributed by atoms with van der Waals surface area (Å²) in [5.41, 5.74) is 4.90. The van der Waals surface area contributed by atoms with Gasteiger partial charge in [0.05, 0.1) is 22.7 Å². The second-order valence-electron chi connectivity index (χ2n) is 11.8. The van der Waals surface area contributed by atoms with Crippen LogP contribution in [-0.2, 0) is 19.8 Å². The lowest BCUT2D eigenvalue weighted by molar-refractivity contribution is -0.384. The summed E-state index contributed by atoms with van der Waals surface area (Å²) in [5.74, 6) is 2.07. The molecule has 4 aromatic rings. The molecule has 0 aliphatic carbocycles. The molecule has 0 radical (unpaired) electrons. The zero-order valence-electron chi connectivity index (χ0n) is 27.2. The Hall–Kier alpha value is -4.47. The van der Waals surface area contributed by atoms with Crippen molar-refractivity contribution in [2.24, 2.45) is 0 Å². The first-order chi connectivity index (χ1) is 24.0. The Labute approximate surface area is 293 Å². The molecule has 50 heavy (non-hydrogen) atoms. The van der Waals surface area contributed by atoms with E-state index in [1.807, 2.05) is 43.3 Å². The third kappa shape index (κ3) is 9.00. The molecule has 4 aromatic carbocycles. The number of nitro benzene ring substituents is 1. The number of benzene rings is 4. The molecule has 1 heterocycles. The van der Waals surface area contributed by atoms with Crippen molar-refractivity contribution in [2.75, 3.05) is 26.4 Å². The van der Waals surface area contributed by atoms with Crippen molar-refractivity contribution < 1.29 is 49.4 Å². The van der Waals surface area contributed by atoms with E-state index in [0.29, 0.717) is 47.3 Å². The Morgan fingerprint density at radius 1 is 0.860 bits per heavy atom. The Bertz CT molecular complexity index is 1790. The number of nitro groups is 1. The van der Waals surface area contributed by atoms with Crippen molar-refractivity contribution in [3.8, 4) is 34.1 Å². The molecule has 0 amide bonds. The number of fused-ring (bicyclic) bond motifs is 1. The molecule has 0 bridgehead atoms. The van der Waals surface area contributed by atoms with Crippen LogP contribution in [0.3, 0.4) is 0 Å². The van der Waals surface area contributed by atoms with Gasteiger partial charge >= 0.3 is 0 Å². The van der Waals surface area contributed by atoms with Gasteiger partial charge in [-0.2, -0.15) is 0 Å². The number of halogens is 1. The highest BCUT2D eigenvalue weighted by Gasteiger charge is 2.30. The Kier molecular flexibility index (Phi) is 12.5. The first-order valence-electron chi connectivity index (χ1n) is 15.9. The molecule has 0 aromatic heterocycles. The second kappa shape index (κ2) is 17.0. The van der Waals surface area contributed by atoms with E-state index in [-0.39, 0.29) is 37.0 Å². The van der Waals surface area contributed by atoms with Gasteiger partial charge in [-0.25, -0.2) is 0 Å². The molecule has 4 atom stereocenters. The molecular formula is C36H39ClN2O11. The van der Waals surface area contributed by atoms with E-state index >= 15 is 0 Å². The molecule has 1 aliphatic rings. The van der Waals surface area contributed by atoms with Gasteiger partial charge in [-0.3, -0.25) is 10.1 Å². The fraction of sp³-hybridized carbons (Fsp3) is 0.333. The van der Waals surface area contributed by atoms with Gasteiger partial charge in [0.25, 0.3) is 5.69 Å². The monoisotopic (exact) mass is 710 g/mol. The summed E-state index contributed by atoms with van der Waals surface area (Å²) in [4.78, 5) is 10.8. The topological polar surface area (TPSA) is 193 Å². The average molecular weight is 711 g/mol. The number of aliphatic hydroxyl groups excluding tert-OH is 5. The zero-order chi connectivity index (χ0) is 35.8. The van der Waals surface area contributed by atoms with Gasteiger partial charge in [0, 0.05) is 36.9 Å². The van der Waals surface area contributed by atoms with E-state index in [9.17, 15) is 30.5 Å². The lowest BCUT2D eigenvalue weighted by Gasteiger charge is -2.26. The molecule has 0 unspecified atom stereocenters. The van der Waals surface area contributed by atoms with Crippen LogP contribution in [0.1, 0.15) is 22.3 Å². The minimum absolute atomic E-state index is 0.0149. The Morgan fingerprint density at radius 3 is 2.34 bits per heavy atom. The van der Waals surface area contributed by atoms with Gasteiger partial charge < -0.3 is 49.8 Å². The standard InChI is InChI=1S/C36H39ClN2O11/c1-21-24(5-3-7-27(21)23-8-9-31-34(14-23)48-11-10-47-31)20-50-33-15-32(49-19-22-4-2-6-26(12-22)39(45)46)25(13-28(33)37)16-38-17-29(41)35(43)36(44)30(42)18-40/h2-9,12-15,29-30,35-36,38,40-44H,10-11,16-20H2,1H3/t29-,30+,35+,36+/m0/s1. The number of nitrogens with zero attached hydrogens (tertiary/aromatic N) is 1. The van der Waals surface area contributed by atoms with E-state index in [4.69, 9.17) is 35.7 Å². The van der Waals surface area contributed by atoms with E-state index in [0.717, 1.165) is 22.3 Å². The van der Waals surface area contributed by atoms with Gasteiger partial charge in [-0.15, -0.1) is 0 Å². The van der Waals surface area contributed by atoms with Crippen LogP contribution < -0.4 is 24.3 Å². The van der Waals surface area contributed by atoms with Crippen LogP contribution in [0.5, 0.6) is 23.0 Å². The molecule has 13 nitrogen and oxygen atoms in total. The smallest absolute Gasteiger partial charge is 0.269 e. The largest absolute Gasteiger partial charge is 0.488 e. The van der Waals surface area contributed by atoms with Crippen LogP contribution in [-0.4, -0.2) is 81.2 Å². The maximum absolute atomic E-state index is 11.3. The fourth-order valence-corrected chi connectivity index (χ4v) is 5.68. The van der Waals surface area contributed by atoms with Crippen molar-refractivity contribution in [1.29, 1.82) is 0 Å². The molecule has 6 N–H and O–H groups in total. The minimum atomic E-state index is -1.76. The first kappa shape index (κ1) is 36.8. The van der Waals surface area contributed by atoms with Crippen LogP contribution in [0.15, 0.2) is 72.8 Å². The van der Waals surface area contributed by atoms with Crippen molar-refractivity contribution in [1.82, 2.24) is 5.32 Å². The molecule has 1 aliphatic heterocycles. The van der Waals surface area contributed by atoms with Crippen molar-refractivity contribution in [3.63, 3.8) is 0 Å². The van der Waals surface area contributed by atoms with Gasteiger partial charge in [-0.05, 0) is 52.9 Å². The fourth-order valence-electron chi connectivity index (χ4n) is 5.44. The minimum Gasteiger partial charge on any atom is -0.488 e. The number of rotatable bonds is 16. The molecule has 266 valence electrons. The lowest BCUT2D eigenvalue weighted by Crippen LogP contribution is -2.48. The van der Waals surface area contributed by atoms with E-state index < -0.39 is 35.9 Å². The summed E-state index contributed by atoms with van der Waals surface area (Å²) in [5, 5.41) is 63.6. The van der Waals surface area contributed by atoms with Crippen LogP contribution in [0, 0.1) is 17.0 Å². The lowest BCUT2D eigenvalue weighted by atomic mass is 9.96. The van der Waals surface area contributed by atoms with E-state index in [1.165, 1.54) is 12.1 Å². The molecule has 0 fully saturated rings. The summed E-state index contributed by atoms with van der Waals surface area (Å²) < 4.78 is 23.7. The highest BCUT2D eigenvalue weighted by atomic mass is 35.5. The number of ether oxygens (including phenoxy) is 4. The van der Waals surface area contributed by atoms with Gasteiger partial charge in [0.1, 0.15) is 56.2 Å². The maximum atomic E-state index is 11.3. The summed E-state index contributed by atoms with van der Waals surface area (Å²) >= 11 is 6.68. The summed E-state index contributed by atoms with van der Waals surface area (Å²) in [7, 11) is 0. The quantitative estimate of drug-likeness (QED) is 0.0731. The highest BCUT2D eigenvalue weighted by molar-refractivity contribution is 6.32. The number of hydrogen-bond donors (Lipinski definition) is 6. The highest BCUT2D eigenvalue weighted by Crippen LogP contribution is 2.37. The summed E-state index contributed by atoms with van der Waals surface area (Å²) in [6.45, 7) is 2.26. The van der Waals surface area contributed by atoms with E-state index in [2.05, 4.69) is 5.32 Å². The first-order valence-corrected chi connectivity index (χ1v) is 16.3. The van der Waals surface area contributed by atoms with Crippen LogP contribution >= 0.6 is 11.6 Å². The average Bonchev–Trinajstić information content (AvgIpc) is 3.13. The van der Waals surface area contributed by atoms with Gasteiger partial charge in [0.15, 0.2) is 11.5 Å². The summed E-state index contributed by atoms with van der Waals surface area (Å²) in [6, 6.07) is 21.0. The zero-order valence-corrected chi connectivity index (χ0v) is 28.0. The summed E-state index contributed by atoms with van der Waals surface area (Å²) in [6.07, 6.45) is -6.60. The van der Waals surface area contributed by atoms with Gasteiger partial charge in [0.2, 0.25) is 0 Å². The molecule has 0 saturated heterocycles. The Morgan fingerprint density at radius 2 is 1.58 bits per heavy atom. The SMILES string of the molecule is Cc1c(COc2cc(OCc3cccc([N+](=O)[O-])c3)c(CNC[C@H](O)[C@@H](O)[C@H](O)[C@H](O)CO)cc2Cl)cccc1-c1ccc2c(c1)OCCO2. The predicted molar refractivity (Wildman–Crippen MR) is 184 cm³/mol. The molecule has 14 heteroatoms. The maximum Gasteiger partial charge on any atom is 0.269 e. The van der Waals surface area contributed by atoms with Crippen molar-refractivity contribution >= 4 is 17.3 Å². The number of hydrogen-bond acceptors (Lipinski definition) is 12. The Balaban J connectivity index is 1.34. The molecule has 0 spiro atoms. The predicted octanol–water partition coefficient (Wildman–Crippen LogP) is 3.68. The molecule has 0 saturated carbocycles. The third-order valence-electron chi connectivity index (χ3n) is 8.31. The number of aliphatic hydroxyl groups is 5. The number of non-ortho nitro benzene ring substituents is 1. The van der Waals surface area contributed by atoms with Crippen molar-refractivity contribution in [3.05, 3.63) is 110 Å². The van der Waals surface area contributed by atoms with Gasteiger partial charge in [-0.1, -0.05) is 48.0 Å². The molecule has 5 rings (SSSR count). The number of nitrogens with one attached hydrogen (secondary N) is 1. The van der Waals surface area contributed by atoms with Crippen LogP contribution in [0.2, 0.25) is 5.02 Å². The third-order valence-corrected chi connectivity index (χ3v) is 8.60. The van der Waals surface area contributed by atoms with Crippen LogP contribution in [0.25, 0.3) is 11.1 Å². The normalized spacial score (nSPS) is 14.8.